The molecule has 0 atom stereocenters. The van der Waals surface area contributed by atoms with Gasteiger partial charge in [0.05, 0.1) is 17.5 Å². The number of imidazole rings is 1. The van der Waals surface area contributed by atoms with Crippen molar-refractivity contribution < 1.29 is 17.6 Å². The Bertz CT molecular complexity index is 794. The van der Waals surface area contributed by atoms with E-state index < -0.39 is 23.1 Å². The number of alkyl halides is 3. The summed E-state index contributed by atoms with van der Waals surface area (Å²) in [6, 6.07) is 10.3. The number of H-pyrrole nitrogens is 1. The summed E-state index contributed by atoms with van der Waals surface area (Å²) in [4.78, 5) is 6.14. The molecule has 3 aromatic rings. The second-order valence-electron chi connectivity index (χ2n) is 4.75. The maximum Gasteiger partial charge on any atom is 0.421 e. The molecule has 1 heterocycles. The Morgan fingerprint density at radius 2 is 1.86 bits per heavy atom. The van der Waals surface area contributed by atoms with E-state index in [0.29, 0.717) is 0 Å². The molecular weight excluding hydrogens is 298 g/mol. The first-order valence-corrected chi connectivity index (χ1v) is 6.47. The molecule has 114 valence electrons. The van der Waals surface area contributed by atoms with E-state index in [9.17, 15) is 17.6 Å². The van der Waals surface area contributed by atoms with Crippen LogP contribution in [-0.2, 0) is 12.7 Å². The standard InChI is InChI=1S/C15H11F4N3/c16-13-10(20-7-9-4-2-1-3-5-9)6-11-14(22-8-21-11)12(13)15(17,18)19/h1-6,8,20H,7H2,(H,21,22). The zero-order valence-electron chi connectivity index (χ0n) is 11.2. The van der Waals surface area contributed by atoms with Gasteiger partial charge in [0.1, 0.15) is 11.1 Å². The maximum absolute atomic E-state index is 14.2. The van der Waals surface area contributed by atoms with E-state index in [4.69, 9.17) is 0 Å². The highest BCUT2D eigenvalue weighted by Gasteiger charge is 2.38. The molecule has 0 bridgehead atoms. The Morgan fingerprint density at radius 1 is 1.14 bits per heavy atom. The largest absolute Gasteiger partial charge is 0.421 e. The van der Waals surface area contributed by atoms with E-state index in [1.807, 2.05) is 6.07 Å². The van der Waals surface area contributed by atoms with Crippen LogP contribution >= 0.6 is 0 Å². The topological polar surface area (TPSA) is 40.7 Å². The number of hydrogen-bond acceptors (Lipinski definition) is 2. The van der Waals surface area contributed by atoms with E-state index in [-0.39, 0.29) is 17.7 Å². The van der Waals surface area contributed by atoms with Crippen LogP contribution < -0.4 is 5.32 Å². The number of aromatic amines is 1. The van der Waals surface area contributed by atoms with Gasteiger partial charge in [-0.3, -0.25) is 0 Å². The van der Waals surface area contributed by atoms with Crippen LogP contribution in [0.4, 0.5) is 23.2 Å². The molecule has 3 nitrogen and oxygen atoms in total. The van der Waals surface area contributed by atoms with Gasteiger partial charge in [0.2, 0.25) is 0 Å². The van der Waals surface area contributed by atoms with Crippen molar-refractivity contribution in [2.24, 2.45) is 0 Å². The number of nitrogens with one attached hydrogen (secondary N) is 2. The zero-order valence-corrected chi connectivity index (χ0v) is 11.2. The fraction of sp³-hybridized carbons (Fsp3) is 0.133. The average molecular weight is 309 g/mol. The zero-order chi connectivity index (χ0) is 15.7. The lowest BCUT2D eigenvalue weighted by Crippen LogP contribution is -2.12. The van der Waals surface area contributed by atoms with E-state index in [1.165, 1.54) is 6.07 Å². The van der Waals surface area contributed by atoms with Crippen LogP contribution in [0.15, 0.2) is 42.7 Å². The Kier molecular flexibility index (Phi) is 3.48. The number of halogens is 4. The Hall–Kier alpha value is -2.57. The quantitative estimate of drug-likeness (QED) is 0.707. The molecule has 0 aliphatic carbocycles. The average Bonchev–Trinajstić information content (AvgIpc) is 2.92. The van der Waals surface area contributed by atoms with Crippen molar-refractivity contribution in [2.45, 2.75) is 12.7 Å². The summed E-state index contributed by atoms with van der Waals surface area (Å²) in [6.45, 7) is 0.217. The molecule has 0 unspecified atom stereocenters. The molecule has 2 aromatic carbocycles. The Balaban J connectivity index is 2.01. The number of anilines is 1. The van der Waals surface area contributed by atoms with Gasteiger partial charge < -0.3 is 10.3 Å². The summed E-state index contributed by atoms with van der Waals surface area (Å²) in [5, 5.41) is 2.70. The molecule has 0 saturated heterocycles. The first-order valence-electron chi connectivity index (χ1n) is 6.47. The summed E-state index contributed by atoms with van der Waals surface area (Å²) < 4.78 is 53.5. The van der Waals surface area contributed by atoms with Crippen LogP contribution in [0.25, 0.3) is 11.0 Å². The van der Waals surface area contributed by atoms with Crippen molar-refractivity contribution in [3.05, 3.63) is 59.7 Å². The molecule has 0 saturated carbocycles. The van der Waals surface area contributed by atoms with Gasteiger partial charge in [-0.1, -0.05) is 30.3 Å². The van der Waals surface area contributed by atoms with Crippen LogP contribution in [0.5, 0.6) is 0 Å². The number of hydrogen-bond donors (Lipinski definition) is 2. The third-order valence-electron chi connectivity index (χ3n) is 3.26. The monoisotopic (exact) mass is 309 g/mol. The smallest absolute Gasteiger partial charge is 0.379 e. The van der Waals surface area contributed by atoms with Gasteiger partial charge in [-0.2, -0.15) is 13.2 Å². The van der Waals surface area contributed by atoms with Crippen LogP contribution in [0.1, 0.15) is 11.1 Å². The number of fused-ring (bicyclic) bond motifs is 1. The second-order valence-corrected chi connectivity index (χ2v) is 4.75. The second kappa shape index (κ2) is 5.32. The van der Waals surface area contributed by atoms with Gasteiger partial charge in [-0.25, -0.2) is 9.37 Å². The van der Waals surface area contributed by atoms with Crippen LogP contribution in [0.3, 0.4) is 0 Å². The summed E-state index contributed by atoms with van der Waals surface area (Å²) in [7, 11) is 0. The van der Waals surface area contributed by atoms with Crippen LogP contribution in [0, 0.1) is 5.82 Å². The highest BCUT2D eigenvalue weighted by molar-refractivity contribution is 5.83. The minimum absolute atomic E-state index is 0.129. The number of benzene rings is 2. The van der Waals surface area contributed by atoms with Crippen molar-refractivity contribution in [1.29, 1.82) is 0 Å². The molecule has 1 aromatic heterocycles. The van der Waals surface area contributed by atoms with E-state index in [1.54, 1.807) is 24.3 Å². The highest BCUT2D eigenvalue weighted by Crippen LogP contribution is 2.38. The first-order chi connectivity index (χ1) is 10.5. The van der Waals surface area contributed by atoms with Crippen molar-refractivity contribution >= 4 is 16.7 Å². The molecule has 0 spiro atoms. The van der Waals surface area contributed by atoms with Crippen LogP contribution in [0.2, 0.25) is 0 Å². The number of rotatable bonds is 3. The maximum atomic E-state index is 14.2. The molecule has 0 aliphatic heterocycles. The lowest BCUT2D eigenvalue weighted by molar-refractivity contribution is -0.138. The molecule has 0 fully saturated rings. The van der Waals surface area contributed by atoms with Crippen LogP contribution in [-0.4, -0.2) is 9.97 Å². The summed E-state index contributed by atoms with van der Waals surface area (Å²) >= 11 is 0. The molecule has 0 aliphatic rings. The van der Waals surface area contributed by atoms with E-state index in [2.05, 4.69) is 15.3 Å². The summed E-state index contributed by atoms with van der Waals surface area (Å²) in [5.41, 5.74) is -1.03. The van der Waals surface area contributed by atoms with Gasteiger partial charge in [-0.05, 0) is 11.6 Å². The first kappa shape index (κ1) is 14.4. The Morgan fingerprint density at radius 3 is 2.55 bits per heavy atom. The molecule has 7 heteroatoms. The SMILES string of the molecule is Fc1c(NCc2ccccc2)cc2[nH]cnc2c1C(F)(F)F. The predicted molar refractivity (Wildman–Crippen MR) is 74.8 cm³/mol. The predicted octanol–water partition coefficient (Wildman–Crippen LogP) is 4.33. The van der Waals surface area contributed by atoms with Gasteiger partial charge in [0, 0.05) is 6.54 Å². The molecule has 0 amide bonds. The lowest BCUT2D eigenvalue weighted by atomic mass is 10.1. The fourth-order valence-corrected chi connectivity index (χ4v) is 2.24. The number of nitrogens with zero attached hydrogens (tertiary/aromatic N) is 1. The molecule has 0 radical (unpaired) electrons. The molecular formula is C15H11F4N3. The highest BCUT2D eigenvalue weighted by atomic mass is 19.4. The van der Waals surface area contributed by atoms with E-state index >= 15 is 0 Å². The van der Waals surface area contributed by atoms with Crippen molar-refractivity contribution in [2.75, 3.05) is 5.32 Å². The van der Waals surface area contributed by atoms with Gasteiger partial charge in [0.15, 0.2) is 5.82 Å². The van der Waals surface area contributed by atoms with Gasteiger partial charge >= 0.3 is 6.18 Å². The van der Waals surface area contributed by atoms with Gasteiger partial charge in [0.25, 0.3) is 0 Å². The minimum atomic E-state index is -4.82. The van der Waals surface area contributed by atoms with Crippen molar-refractivity contribution in [3.8, 4) is 0 Å². The lowest BCUT2D eigenvalue weighted by Gasteiger charge is -2.14. The number of aromatic nitrogens is 2. The minimum Gasteiger partial charge on any atom is -0.379 e. The van der Waals surface area contributed by atoms with Gasteiger partial charge in [-0.15, -0.1) is 0 Å². The summed E-state index contributed by atoms with van der Waals surface area (Å²) in [6.07, 6.45) is -3.71. The molecule has 3 rings (SSSR count). The third kappa shape index (κ3) is 2.61. The van der Waals surface area contributed by atoms with Crippen molar-refractivity contribution in [3.63, 3.8) is 0 Å². The molecule has 2 N–H and O–H groups in total. The third-order valence-corrected chi connectivity index (χ3v) is 3.26. The Labute approximate surface area is 123 Å². The van der Waals surface area contributed by atoms with E-state index in [0.717, 1.165) is 11.9 Å². The summed E-state index contributed by atoms with van der Waals surface area (Å²) in [5.74, 6) is -1.34. The normalized spacial score (nSPS) is 11.8. The molecule has 22 heavy (non-hydrogen) atoms. The fourth-order valence-electron chi connectivity index (χ4n) is 2.24. The van der Waals surface area contributed by atoms with Crippen molar-refractivity contribution in [1.82, 2.24) is 9.97 Å².